The molecule has 0 bridgehead atoms. The first-order valence-electron chi connectivity index (χ1n) is 9.58. The van der Waals surface area contributed by atoms with Crippen LogP contribution in [0.15, 0.2) is 36.4 Å². The first-order valence-corrected chi connectivity index (χ1v) is 11.4. The van der Waals surface area contributed by atoms with Gasteiger partial charge in [0.25, 0.3) is 0 Å². The Morgan fingerprint density at radius 2 is 1.53 bits per heavy atom. The minimum absolute atomic E-state index is 0.361. The second-order valence-corrected chi connectivity index (χ2v) is 9.28. The highest BCUT2D eigenvalue weighted by Crippen LogP contribution is 2.30. The molecule has 0 aliphatic carbocycles. The van der Waals surface area contributed by atoms with E-state index in [1.54, 1.807) is 45.4 Å². The molecule has 30 heavy (non-hydrogen) atoms. The van der Waals surface area contributed by atoms with E-state index in [1.165, 1.54) is 0 Å². The van der Waals surface area contributed by atoms with Gasteiger partial charge >= 0.3 is 0 Å². The molecule has 8 heteroatoms. The summed E-state index contributed by atoms with van der Waals surface area (Å²) in [5.41, 5.74) is 3.12. The topological polar surface area (TPSA) is 84.9 Å². The lowest BCUT2D eigenvalue weighted by Gasteiger charge is -2.30. The molecule has 0 unspecified atom stereocenters. The number of carbonyl (C=O) groups is 1. The van der Waals surface area contributed by atoms with E-state index in [4.69, 9.17) is 9.47 Å². The molecule has 2 aromatic carbocycles. The Morgan fingerprint density at radius 3 is 2.03 bits per heavy atom. The molecule has 0 saturated heterocycles. The third kappa shape index (κ3) is 5.44. The summed E-state index contributed by atoms with van der Waals surface area (Å²) in [4.78, 5) is 13.0. The highest BCUT2D eigenvalue weighted by molar-refractivity contribution is 7.92. The molecule has 0 aliphatic heterocycles. The number of nitrogens with one attached hydrogen (secondary N) is 1. The van der Waals surface area contributed by atoms with Crippen LogP contribution in [0, 0.1) is 13.8 Å². The molecule has 0 fully saturated rings. The maximum Gasteiger partial charge on any atom is 0.244 e. The minimum atomic E-state index is -3.68. The molecule has 1 amide bonds. The van der Waals surface area contributed by atoms with E-state index in [0.29, 0.717) is 17.2 Å². The fraction of sp³-hybridized carbons (Fsp3) is 0.409. The Hall–Kier alpha value is -2.74. The van der Waals surface area contributed by atoms with Gasteiger partial charge in [-0.1, -0.05) is 12.1 Å². The molecule has 0 radical (unpaired) electrons. The van der Waals surface area contributed by atoms with Crippen LogP contribution in [0.4, 0.5) is 5.69 Å². The Labute approximate surface area is 179 Å². The summed E-state index contributed by atoms with van der Waals surface area (Å²) in [6.45, 7) is 7.19. The van der Waals surface area contributed by atoms with Crippen molar-refractivity contribution in [3.05, 3.63) is 53.1 Å². The summed E-state index contributed by atoms with van der Waals surface area (Å²) in [7, 11) is -0.585. The number of hydrogen-bond donors (Lipinski definition) is 1. The Morgan fingerprint density at radius 1 is 0.967 bits per heavy atom. The average molecular weight is 435 g/mol. The van der Waals surface area contributed by atoms with E-state index in [1.807, 2.05) is 32.9 Å². The highest BCUT2D eigenvalue weighted by Gasteiger charge is 2.30. The fourth-order valence-corrected chi connectivity index (χ4v) is 4.58. The Bertz CT molecular complexity index is 1000. The molecular formula is C22H30N2O5S. The Balaban J connectivity index is 2.29. The number of aryl methyl sites for hydroxylation is 2. The van der Waals surface area contributed by atoms with E-state index in [9.17, 15) is 13.2 Å². The van der Waals surface area contributed by atoms with Crippen LogP contribution in [0.2, 0.25) is 0 Å². The largest absolute Gasteiger partial charge is 0.493 e. The summed E-state index contributed by atoms with van der Waals surface area (Å²) >= 11 is 0. The number of sulfonamides is 1. The maximum absolute atomic E-state index is 13.0. The van der Waals surface area contributed by atoms with Crippen molar-refractivity contribution in [2.75, 3.05) is 24.8 Å². The van der Waals surface area contributed by atoms with E-state index in [-0.39, 0.29) is 6.04 Å². The number of carbonyl (C=O) groups excluding carboxylic acids is 1. The molecular weight excluding hydrogens is 404 g/mol. The number of benzene rings is 2. The molecule has 2 rings (SSSR count). The van der Waals surface area contributed by atoms with Crippen molar-refractivity contribution < 1.29 is 22.7 Å². The SMILES string of the molecule is COc1ccc([C@H](C)NC(=O)[C@H](C)N(c2cc(C)cc(C)c2)S(C)(=O)=O)cc1OC. The van der Waals surface area contributed by atoms with Crippen LogP contribution in [-0.2, 0) is 14.8 Å². The van der Waals surface area contributed by atoms with Gasteiger partial charge in [-0.15, -0.1) is 0 Å². The van der Waals surface area contributed by atoms with Crippen molar-refractivity contribution in [1.29, 1.82) is 0 Å². The zero-order valence-electron chi connectivity index (χ0n) is 18.5. The van der Waals surface area contributed by atoms with E-state index in [0.717, 1.165) is 27.3 Å². The van der Waals surface area contributed by atoms with Crippen molar-refractivity contribution in [3.8, 4) is 11.5 Å². The van der Waals surface area contributed by atoms with Gasteiger partial charge in [0, 0.05) is 0 Å². The van der Waals surface area contributed by atoms with Gasteiger partial charge in [-0.2, -0.15) is 0 Å². The van der Waals surface area contributed by atoms with Crippen molar-refractivity contribution in [2.24, 2.45) is 0 Å². The standard InChI is InChI=1S/C22H30N2O5S/c1-14-10-15(2)12-19(11-14)24(30(7,26)27)17(4)22(25)23-16(3)18-8-9-20(28-5)21(13-18)29-6/h8-13,16-17H,1-7H3,(H,23,25)/t16-,17-/m0/s1. The Kier molecular flexibility index (Phi) is 7.36. The number of nitrogens with zero attached hydrogens (tertiary/aromatic N) is 1. The van der Waals surface area contributed by atoms with E-state index >= 15 is 0 Å². The third-order valence-electron chi connectivity index (χ3n) is 4.82. The van der Waals surface area contributed by atoms with Gasteiger partial charge in [0.1, 0.15) is 6.04 Å². The quantitative estimate of drug-likeness (QED) is 0.689. The van der Waals surface area contributed by atoms with Gasteiger partial charge in [0.05, 0.1) is 32.2 Å². The lowest BCUT2D eigenvalue weighted by Crippen LogP contribution is -2.48. The summed E-state index contributed by atoms with van der Waals surface area (Å²) in [6.07, 6.45) is 1.10. The summed E-state index contributed by atoms with van der Waals surface area (Å²) < 4.78 is 36.8. The summed E-state index contributed by atoms with van der Waals surface area (Å²) in [5.74, 6) is 0.741. The van der Waals surface area contributed by atoms with E-state index in [2.05, 4.69) is 5.32 Å². The summed E-state index contributed by atoms with van der Waals surface area (Å²) in [6, 6.07) is 9.56. The number of hydrogen-bond acceptors (Lipinski definition) is 5. The van der Waals surface area contributed by atoms with Crippen LogP contribution < -0.4 is 19.1 Å². The second kappa shape index (κ2) is 9.38. The van der Waals surface area contributed by atoms with Gasteiger partial charge in [-0.25, -0.2) is 8.42 Å². The fourth-order valence-electron chi connectivity index (χ4n) is 3.43. The minimum Gasteiger partial charge on any atom is -0.493 e. The second-order valence-electron chi connectivity index (χ2n) is 7.43. The number of methoxy groups -OCH3 is 2. The van der Waals surface area contributed by atoms with Crippen LogP contribution in [-0.4, -0.2) is 40.8 Å². The predicted molar refractivity (Wildman–Crippen MR) is 119 cm³/mol. The van der Waals surface area contributed by atoms with Gasteiger partial charge < -0.3 is 14.8 Å². The smallest absolute Gasteiger partial charge is 0.244 e. The van der Waals surface area contributed by atoms with Crippen LogP contribution in [0.1, 0.15) is 36.6 Å². The van der Waals surface area contributed by atoms with Crippen LogP contribution in [0.5, 0.6) is 11.5 Å². The molecule has 1 N–H and O–H groups in total. The van der Waals surface area contributed by atoms with E-state index < -0.39 is 22.0 Å². The number of ether oxygens (including phenoxy) is 2. The lowest BCUT2D eigenvalue weighted by molar-refractivity contribution is -0.122. The van der Waals surface area contributed by atoms with Gasteiger partial charge in [0.2, 0.25) is 15.9 Å². The normalized spacial score (nSPS) is 13.3. The maximum atomic E-state index is 13.0. The first-order chi connectivity index (χ1) is 14.0. The van der Waals surface area contributed by atoms with Crippen molar-refractivity contribution in [1.82, 2.24) is 5.32 Å². The van der Waals surface area contributed by atoms with Crippen molar-refractivity contribution >= 4 is 21.6 Å². The van der Waals surface area contributed by atoms with Gasteiger partial charge in [-0.05, 0) is 68.7 Å². The zero-order chi connectivity index (χ0) is 22.6. The number of amides is 1. The number of anilines is 1. The van der Waals surface area contributed by atoms with Gasteiger partial charge in [0.15, 0.2) is 11.5 Å². The number of rotatable bonds is 8. The predicted octanol–water partition coefficient (Wildman–Crippen LogP) is 3.35. The average Bonchev–Trinajstić information content (AvgIpc) is 2.65. The molecule has 7 nitrogen and oxygen atoms in total. The van der Waals surface area contributed by atoms with Crippen molar-refractivity contribution in [3.63, 3.8) is 0 Å². The molecule has 0 aliphatic rings. The third-order valence-corrected chi connectivity index (χ3v) is 6.06. The molecule has 2 aromatic rings. The molecule has 0 aromatic heterocycles. The highest BCUT2D eigenvalue weighted by atomic mass is 32.2. The molecule has 0 heterocycles. The first kappa shape index (κ1) is 23.5. The lowest BCUT2D eigenvalue weighted by atomic mass is 10.1. The summed E-state index contributed by atoms with van der Waals surface area (Å²) in [5, 5.41) is 2.89. The van der Waals surface area contributed by atoms with Crippen LogP contribution in [0.25, 0.3) is 0 Å². The van der Waals surface area contributed by atoms with Crippen LogP contribution >= 0.6 is 0 Å². The van der Waals surface area contributed by atoms with Crippen molar-refractivity contribution in [2.45, 2.75) is 39.8 Å². The zero-order valence-corrected chi connectivity index (χ0v) is 19.3. The molecule has 164 valence electrons. The van der Waals surface area contributed by atoms with Crippen LogP contribution in [0.3, 0.4) is 0 Å². The molecule has 0 saturated carbocycles. The molecule has 2 atom stereocenters. The monoisotopic (exact) mass is 434 g/mol. The van der Waals surface area contributed by atoms with Gasteiger partial charge in [-0.3, -0.25) is 9.10 Å². The molecule has 0 spiro atoms.